The molecule has 7 heteroatoms. The van der Waals surface area contributed by atoms with Crippen LogP contribution >= 0.6 is 11.6 Å². The maximum Gasteiger partial charge on any atom is 0.252 e. The summed E-state index contributed by atoms with van der Waals surface area (Å²) in [7, 11) is 1.64. The Morgan fingerprint density at radius 3 is 2.35 bits per heavy atom. The molecule has 0 spiro atoms. The highest BCUT2D eigenvalue weighted by Gasteiger charge is 2.50. The van der Waals surface area contributed by atoms with Gasteiger partial charge in [-0.05, 0) is 79.9 Å². The fourth-order valence-electron chi connectivity index (χ4n) is 6.43. The second kappa shape index (κ2) is 9.78. The average molecular weight is 447 g/mol. The SMILES string of the molecule is CNC(=O)CCNCCNc1ccc(Cl)c(C(=O)NCC23CC4CC(CC(C4)C2)C3)c1. The van der Waals surface area contributed by atoms with Gasteiger partial charge in [0.15, 0.2) is 0 Å². The van der Waals surface area contributed by atoms with E-state index in [0.29, 0.717) is 35.5 Å². The van der Waals surface area contributed by atoms with E-state index in [-0.39, 0.29) is 11.8 Å². The minimum atomic E-state index is -0.0758. The summed E-state index contributed by atoms with van der Waals surface area (Å²) in [6.07, 6.45) is 8.53. The first-order valence-electron chi connectivity index (χ1n) is 11.7. The molecule has 4 fully saturated rings. The molecule has 5 rings (SSSR count). The Morgan fingerprint density at radius 1 is 1.03 bits per heavy atom. The Kier molecular flexibility index (Phi) is 7.07. The van der Waals surface area contributed by atoms with Gasteiger partial charge in [-0.3, -0.25) is 9.59 Å². The van der Waals surface area contributed by atoms with Crippen LogP contribution in [0.25, 0.3) is 0 Å². The van der Waals surface area contributed by atoms with Crippen LogP contribution in [-0.4, -0.2) is 45.0 Å². The van der Waals surface area contributed by atoms with Gasteiger partial charge in [-0.25, -0.2) is 0 Å². The second-order valence-electron chi connectivity index (χ2n) is 9.89. The molecule has 4 aliphatic carbocycles. The molecular formula is C24H35ClN4O2. The Balaban J connectivity index is 1.26. The van der Waals surface area contributed by atoms with Gasteiger partial charge in [-0.2, -0.15) is 0 Å². The molecule has 1 aromatic rings. The predicted octanol–water partition coefficient (Wildman–Crippen LogP) is 3.42. The molecule has 0 saturated heterocycles. The molecule has 0 atom stereocenters. The topological polar surface area (TPSA) is 82.3 Å². The lowest BCUT2D eigenvalue weighted by Gasteiger charge is -2.56. The molecule has 0 radical (unpaired) electrons. The van der Waals surface area contributed by atoms with Crippen molar-refractivity contribution in [3.05, 3.63) is 28.8 Å². The van der Waals surface area contributed by atoms with Gasteiger partial charge in [0.1, 0.15) is 0 Å². The van der Waals surface area contributed by atoms with Crippen LogP contribution < -0.4 is 21.3 Å². The van der Waals surface area contributed by atoms with E-state index in [9.17, 15) is 9.59 Å². The quantitative estimate of drug-likeness (QED) is 0.415. The maximum absolute atomic E-state index is 12.9. The Morgan fingerprint density at radius 2 is 1.71 bits per heavy atom. The van der Waals surface area contributed by atoms with Crippen LogP contribution in [-0.2, 0) is 4.79 Å². The van der Waals surface area contributed by atoms with Gasteiger partial charge in [0, 0.05) is 45.3 Å². The third kappa shape index (κ3) is 5.53. The van der Waals surface area contributed by atoms with Crippen molar-refractivity contribution in [3.63, 3.8) is 0 Å². The summed E-state index contributed by atoms with van der Waals surface area (Å²) in [5.41, 5.74) is 1.72. The van der Waals surface area contributed by atoms with E-state index in [4.69, 9.17) is 11.6 Å². The smallest absolute Gasteiger partial charge is 0.252 e. The van der Waals surface area contributed by atoms with Crippen molar-refractivity contribution in [1.82, 2.24) is 16.0 Å². The predicted molar refractivity (Wildman–Crippen MR) is 124 cm³/mol. The maximum atomic E-state index is 12.9. The molecular weight excluding hydrogens is 412 g/mol. The summed E-state index contributed by atoms with van der Waals surface area (Å²) in [5.74, 6) is 2.59. The van der Waals surface area contributed by atoms with Crippen molar-refractivity contribution >= 4 is 29.1 Å². The zero-order valence-corrected chi connectivity index (χ0v) is 19.2. The van der Waals surface area contributed by atoms with Crippen molar-refractivity contribution in [2.24, 2.45) is 23.2 Å². The first-order chi connectivity index (χ1) is 15.0. The summed E-state index contributed by atoms with van der Waals surface area (Å²) in [4.78, 5) is 24.2. The Hall–Kier alpha value is -1.79. The normalized spacial score (nSPS) is 28.4. The molecule has 2 amide bonds. The van der Waals surface area contributed by atoms with E-state index in [1.54, 1.807) is 13.1 Å². The fraction of sp³-hybridized carbons (Fsp3) is 0.667. The summed E-state index contributed by atoms with van der Waals surface area (Å²) >= 11 is 6.35. The van der Waals surface area contributed by atoms with Gasteiger partial charge >= 0.3 is 0 Å². The van der Waals surface area contributed by atoms with Crippen LogP contribution in [0.15, 0.2) is 18.2 Å². The monoisotopic (exact) mass is 446 g/mol. The van der Waals surface area contributed by atoms with Crippen LogP contribution in [0.3, 0.4) is 0 Å². The van der Waals surface area contributed by atoms with Crippen molar-refractivity contribution in [1.29, 1.82) is 0 Å². The van der Waals surface area contributed by atoms with Gasteiger partial charge < -0.3 is 21.3 Å². The van der Waals surface area contributed by atoms with Gasteiger partial charge in [0.05, 0.1) is 10.6 Å². The summed E-state index contributed by atoms with van der Waals surface area (Å²) in [6, 6.07) is 5.51. The highest BCUT2D eigenvalue weighted by molar-refractivity contribution is 6.34. The number of amides is 2. The molecule has 4 N–H and O–H groups in total. The molecule has 4 aliphatic rings. The molecule has 1 aromatic carbocycles. The minimum Gasteiger partial charge on any atom is -0.384 e. The molecule has 0 aromatic heterocycles. The van der Waals surface area contributed by atoms with E-state index in [1.807, 2.05) is 12.1 Å². The van der Waals surface area contributed by atoms with Gasteiger partial charge in [-0.1, -0.05) is 11.6 Å². The highest BCUT2D eigenvalue weighted by Crippen LogP contribution is 2.59. The van der Waals surface area contributed by atoms with Crippen LogP contribution in [0.5, 0.6) is 0 Å². The molecule has 0 aliphatic heterocycles. The Bertz CT molecular complexity index is 777. The minimum absolute atomic E-state index is 0.0300. The molecule has 31 heavy (non-hydrogen) atoms. The Labute approximate surface area is 190 Å². The van der Waals surface area contributed by atoms with Gasteiger partial charge in [-0.15, -0.1) is 0 Å². The number of rotatable bonds is 10. The van der Waals surface area contributed by atoms with Crippen molar-refractivity contribution in [2.45, 2.75) is 44.9 Å². The van der Waals surface area contributed by atoms with Crippen molar-refractivity contribution in [3.8, 4) is 0 Å². The fourth-order valence-corrected chi connectivity index (χ4v) is 6.63. The molecule has 4 bridgehead atoms. The number of hydrogen-bond acceptors (Lipinski definition) is 4. The third-order valence-corrected chi connectivity index (χ3v) is 7.77. The highest BCUT2D eigenvalue weighted by atomic mass is 35.5. The lowest BCUT2D eigenvalue weighted by atomic mass is 9.49. The first kappa shape index (κ1) is 22.4. The van der Waals surface area contributed by atoms with Crippen LogP contribution in [0, 0.1) is 23.2 Å². The summed E-state index contributed by atoms with van der Waals surface area (Å²) in [5, 5.41) is 12.9. The van der Waals surface area contributed by atoms with E-state index >= 15 is 0 Å². The number of carbonyl (C=O) groups is 2. The lowest BCUT2D eigenvalue weighted by molar-refractivity contribution is -0.120. The molecule has 0 unspecified atom stereocenters. The van der Waals surface area contributed by atoms with Crippen molar-refractivity contribution < 1.29 is 9.59 Å². The van der Waals surface area contributed by atoms with E-state index in [2.05, 4.69) is 21.3 Å². The first-order valence-corrected chi connectivity index (χ1v) is 12.1. The van der Waals surface area contributed by atoms with Crippen LogP contribution in [0.4, 0.5) is 5.69 Å². The van der Waals surface area contributed by atoms with E-state index < -0.39 is 0 Å². The number of benzene rings is 1. The number of halogens is 1. The molecule has 0 heterocycles. The third-order valence-electron chi connectivity index (χ3n) is 7.44. The number of hydrogen-bond donors (Lipinski definition) is 4. The van der Waals surface area contributed by atoms with Crippen LogP contribution in [0.1, 0.15) is 55.3 Å². The standard InChI is InChI=1S/C24H35ClN4O2/c1-26-22(30)4-5-27-6-7-28-19-2-3-21(25)20(11-19)23(31)29-15-24-12-16-8-17(13-24)10-18(9-16)14-24/h2-3,11,16-18,27-28H,4-10,12-15H2,1H3,(H,26,30)(H,29,31). The van der Waals surface area contributed by atoms with Crippen LogP contribution in [0.2, 0.25) is 5.02 Å². The lowest BCUT2D eigenvalue weighted by Crippen LogP contribution is -2.51. The number of anilines is 1. The van der Waals surface area contributed by atoms with E-state index in [1.165, 1.54) is 38.5 Å². The summed E-state index contributed by atoms with van der Waals surface area (Å²) < 4.78 is 0. The number of nitrogens with one attached hydrogen (secondary N) is 4. The number of carbonyl (C=O) groups excluding carboxylic acids is 2. The van der Waals surface area contributed by atoms with Gasteiger partial charge in [0.25, 0.3) is 5.91 Å². The van der Waals surface area contributed by atoms with Crippen molar-refractivity contribution in [2.75, 3.05) is 38.5 Å². The zero-order valence-electron chi connectivity index (χ0n) is 18.4. The largest absolute Gasteiger partial charge is 0.384 e. The van der Waals surface area contributed by atoms with E-state index in [0.717, 1.165) is 36.5 Å². The summed E-state index contributed by atoms with van der Waals surface area (Å²) in [6.45, 7) is 2.84. The molecule has 6 nitrogen and oxygen atoms in total. The second-order valence-corrected chi connectivity index (χ2v) is 10.3. The molecule has 170 valence electrons. The van der Waals surface area contributed by atoms with Gasteiger partial charge in [0.2, 0.25) is 5.91 Å². The molecule has 4 saturated carbocycles. The zero-order chi connectivity index (χ0) is 21.8. The average Bonchev–Trinajstić information content (AvgIpc) is 2.74.